The van der Waals surface area contributed by atoms with Crippen LogP contribution in [0.3, 0.4) is 0 Å². The minimum atomic E-state index is 0.658. The molecule has 98 valence electrons. The van der Waals surface area contributed by atoms with Gasteiger partial charge in [-0.2, -0.15) is 0 Å². The summed E-state index contributed by atoms with van der Waals surface area (Å²) >= 11 is 0. The summed E-state index contributed by atoms with van der Waals surface area (Å²) in [5, 5.41) is 3.64. The summed E-state index contributed by atoms with van der Waals surface area (Å²) in [5.74, 6) is 0.892. The fraction of sp³-hybridized carbons (Fsp3) is 0.529. The molecule has 0 saturated heterocycles. The van der Waals surface area contributed by atoms with Gasteiger partial charge in [-0.05, 0) is 31.2 Å². The molecule has 1 saturated carbocycles. The second-order valence-corrected chi connectivity index (χ2v) is 5.41. The Morgan fingerprint density at radius 2 is 1.89 bits per heavy atom. The van der Waals surface area contributed by atoms with E-state index in [1.165, 1.54) is 37.7 Å². The maximum Gasteiger partial charge on any atom is 0.0140 e. The summed E-state index contributed by atoms with van der Waals surface area (Å²) in [6.07, 6.45) is 11.5. The third-order valence-electron chi connectivity index (χ3n) is 4.02. The number of hydrogen-bond acceptors (Lipinski definition) is 1. The molecule has 1 aliphatic carbocycles. The smallest absolute Gasteiger partial charge is 0.0140 e. The molecule has 0 aromatic heterocycles. The van der Waals surface area contributed by atoms with E-state index in [1.807, 2.05) is 0 Å². The van der Waals surface area contributed by atoms with Crippen LogP contribution in [0.15, 0.2) is 36.4 Å². The molecule has 2 rings (SSSR count). The number of nitrogens with one attached hydrogen (secondary N) is 1. The predicted molar refractivity (Wildman–Crippen MR) is 79.5 cm³/mol. The maximum atomic E-state index is 3.64. The van der Waals surface area contributed by atoms with Gasteiger partial charge in [0.1, 0.15) is 0 Å². The highest BCUT2D eigenvalue weighted by molar-refractivity contribution is 5.48. The van der Waals surface area contributed by atoms with Crippen LogP contribution in [0.5, 0.6) is 0 Å². The molecule has 0 radical (unpaired) electrons. The first-order valence-corrected chi connectivity index (χ1v) is 7.31. The highest BCUT2D eigenvalue weighted by atomic mass is 14.9. The van der Waals surface area contributed by atoms with Gasteiger partial charge in [-0.3, -0.25) is 0 Å². The van der Waals surface area contributed by atoms with Gasteiger partial charge in [0.15, 0.2) is 0 Å². The Labute approximate surface area is 111 Å². The van der Waals surface area contributed by atoms with Crippen molar-refractivity contribution in [1.82, 2.24) is 5.32 Å². The predicted octanol–water partition coefficient (Wildman–Crippen LogP) is 4.26. The van der Waals surface area contributed by atoms with Crippen LogP contribution in [-0.2, 0) is 0 Å². The van der Waals surface area contributed by atoms with Crippen molar-refractivity contribution in [1.29, 1.82) is 0 Å². The van der Waals surface area contributed by atoms with Gasteiger partial charge >= 0.3 is 0 Å². The Balaban J connectivity index is 1.69. The zero-order valence-electron chi connectivity index (χ0n) is 11.4. The quantitative estimate of drug-likeness (QED) is 0.815. The Hall–Kier alpha value is -1.08. The molecule has 0 amide bonds. The Kier molecular flexibility index (Phi) is 5.47. The summed E-state index contributed by atoms with van der Waals surface area (Å²) in [6, 6.07) is 11.2. The fourth-order valence-corrected chi connectivity index (χ4v) is 2.81. The highest BCUT2D eigenvalue weighted by Gasteiger charge is 2.18. The van der Waals surface area contributed by atoms with E-state index in [1.54, 1.807) is 0 Å². The van der Waals surface area contributed by atoms with Gasteiger partial charge < -0.3 is 5.32 Å². The molecule has 1 unspecified atom stereocenters. The molecule has 1 aromatic carbocycles. The lowest BCUT2D eigenvalue weighted by atomic mass is 9.84. The van der Waals surface area contributed by atoms with E-state index in [0.717, 1.165) is 12.5 Å². The van der Waals surface area contributed by atoms with Gasteiger partial charge in [-0.25, -0.2) is 0 Å². The normalized spacial score (nSPS) is 19.2. The summed E-state index contributed by atoms with van der Waals surface area (Å²) in [5.41, 5.74) is 1.28. The first-order chi connectivity index (χ1) is 8.86. The number of hydrogen-bond donors (Lipinski definition) is 1. The minimum absolute atomic E-state index is 0.658. The number of benzene rings is 1. The SMILES string of the molecule is CC(NCC=Cc1ccccc1)C1CCCCC1. The van der Waals surface area contributed by atoms with Crippen molar-refractivity contribution >= 4 is 6.08 Å². The maximum absolute atomic E-state index is 3.64. The molecule has 18 heavy (non-hydrogen) atoms. The standard InChI is InChI=1S/C17H25N/c1-15(17-12-6-3-7-13-17)18-14-8-11-16-9-4-2-5-10-16/h2,4-5,8-11,15,17-18H,3,6-7,12-14H2,1H3. The van der Waals surface area contributed by atoms with Crippen LogP contribution < -0.4 is 5.32 Å². The minimum Gasteiger partial charge on any atom is -0.311 e. The Bertz CT molecular complexity index is 349. The van der Waals surface area contributed by atoms with Crippen LogP contribution in [0.25, 0.3) is 6.08 Å². The summed E-state index contributed by atoms with van der Waals surface area (Å²) in [6.45, 7) is 3.32. The van der Waals surface area contributed by atoms with Crippen LogP contribution in [0.4, 0.5) is 0 Å². The largest absolute Gasteiger partial charge is 0.311 e. The van der Waals surface area contributed by atoms with Crippen molar-refractivity contribution in [2.75, 3.05) is 6.54 Å². The molecule has 1 heteroatoms. The topological polar surface area (TPSA) is 12.0 Å². The van der Waals surface area contributed by atoms with E-state index < -0.39 is 0 Å². The second-order valence-electron chi connectivity index (χ2n) is 5.41. The molecule has 0 bridgehead atoms. The molecule has 0 heterocycles. The second kappa shape index (κ2) is 7.38. The Morgan fingerprint density at radius 3 is 2.61 bits per heavy atom. The summed E-state index contributed by atoms with van der Waals surface area (Å²) in [4.78, 5) is 0. The van der Waals surface area contributed by atoms with Gasteiger partial charge in [0, 0.05) is 12.6 Å². The monoisotopic (exact) mass is 243 g/mol. The lowest BCUT2D eigenvalue weighted by molar-refractivity contribution is 0.287. The molecular weight excluding hydrogens is 218 g/mol. The van der Waals surface area contributed by atoms with Gasteiger partial charge in [0.05, 0.1) is 0 Å². The van der Waals surface area contributed by atoms with Crippen LogP contribution in [-0.4, -0.2) is 12.6 Å². The van der Waals surface area contributed by atoms with Crippen molar-refractivity contribution in [2.45, 2.75) is 45.1 Å². The van der Waals surface area contributed by atoms with E-state index >= 15 is 0 Å². The highest BCUT2D eigenvalue weighted by Crippen LogP contribution is 2.26. The molecule has 1 nitrogen and oxygen atoms in total. The van der Waals surface area contributed by atoms with E-state index in [2.05, 4.69) is 54.7 Å². The molecule has 1 aliphatic rings. The van der Waals surface area contributed by atoms with Crippen LogP contribution in [0.2, 0.25) is 0 Å². The van der Waals surface area contributed by atoms with Crippen LogP contribution >= 0.6 is 0 Å². The molecule has 1 aromatic rings. The zero-order valence-corrected chi connectivity index (χ0v) is 11.4. The lowest BCUT2D eigenvalue weighted by Gasteiger charge is -2.28. The summed E-state index contributed by atoms with van der Waals surface area (Å²) < 4.78 is 0. The molecule has 1 N–H and O–H groups in total. The lowest BCUT2D eigenvalue weighted by Crippen LogP contribution is -2.34. The van der Waals surface area contributed by atoms with Crippen LogP contribution in [0, 0.1) is 5.92 Å². The van der Waals surface area contributed by atoms with Crippen LogP contribution in [0.1, 0.15) is 44.6 Å². The first kappa shape index (κ1) is 13.4. The van der Waals surface area contributed by atoms with E-state index in [-0.39, 0.29) is 0 Å². The molecule has 0 aliphatic heterocycles. The van der Waals surface area contributed by atoms with E-state index in [0.29, 0.717) is 6.04 Å². The third kappa shape index (κ3) is 4.30. The van der Waals surface area contributed by atoms with Gasteiger partial charge in [-0.1, -0.05) is 61.7 Å². The first-order valence-electron chi connectivity index (χ1n) is 7.31. The van der Waals surface area contributed by atoms with Crippen molar-refractivity contribution in [3.05, 3.63) is 42.0 Å². The average Bonchev–Trinajstić information content (AvgIpc) is 2.45. The summed E-state index contributed by atoms with van der Waals surface area (Å²) in [7, 11) is 0. The van der Waals surface area contributed by atoms with Crippen molar-refractivity contribution < 1.29 is 0 Å². The Morgan fingerprint density at radius 1 is 1.17 bits per heavy atom. The van der Waals surface area contributed by atoms with Crippen molar-refractivity contribution in [3.8, 4) is 0 Å². The molecular formula is C17H25N. The van der Waals surface area contributed by atoms with Gasteiger partial charge in [0.25, 0.3) is 0 Å². The molecule has 0 spiro atoms. The fourth-order valence-electron chi connectivity index (χ4n) is 2.81. The van der Waals surface area contributed by atoms with Gasteiger partial charge in [-0.15, -0.1) is 0 Å². The average molecular weight is 243 g/mol. The molecule has 1 fully saturated rings. The van der Waals surface area contributed by atoms with E-state index in [9.17, 15) is 0 Å². The third-order valence-corrected chi connectivity index (χ3v) is 4.02. The number of rotatable bonds is 5. The van der Waals surface area contributed by atoms with Crippen molar-refractivity contribution in [3.63, 3.8) is 0 Å². The van der Waals surface area contributed by atoms with Crippen molar-refractivity contribution in [2.24, 2.45) is 5.92 Å². The van der Waals surface area contributed by atoms with Gasteiger partial charge in [0.2, 0.25) is 0 Å². The zero-order chi connectivity index (χ0) is 12.6. The molecule has 1 atom stereocenters. The van der Waals surface area contributed by atoms with E-state index in [4.69, 9.17) is 0 Å².